The van der Waals surface area contributed by atoms with Crippen LogP contribution in [0.1, 0.15) is 5.56 Å². The molecule has 2 heterocycles. The quantitative estimate of drug-likeness (QED) is 0.773. The van der Waals surface area contributed by atoms with Crippen molar-refractivity contribution >= 4 is 5.91 Å². The molecule has 0 spiro atoms. The van der Waals surface area contributed by atoms with Crippen molar-refractivity contribution in [2.45, 2.75) is 6.54 Å². The summed E-state index contributed by atoms with van der Waals surface area (Å²) in [6.45, 7) is 3.81. The van der Waals surface area contributed by atoms with Gasteiger partial charge in [0.05, 0.1) is 0 Å². The summed E-state index contributed by atoms with van der Waals surface area (Å²) in [7, 11) is 0. The second-order valence-electron chi connectivity index (χ2n) is 3.28. The number of pyridine rings is 1. The first-order valence-electron chi connectivity index (χ1n) is 5.00. The standard InChI is InChI=1S/C11H11N5O/c1-2-11(17)14-6-9-3-4-13-10(5-9)16-8-12-7-15-16/h2-5,7-8H,1,6H2,(H,14,17). The number of carbonyl (C=O) groups excluding carboxylic acids is 1. The van der Waals surface area contributed by atoms with E-state index >= 15 is 0 Å². The van der Waals surface area contributed by atoms with Crippen molar-refractivity contribution in [1.29, 1.82) is 0 Å². The molecule has 2 rings (SSSR count). The molecular formula is C11H11N5O. The van der Waals surface area contributed by atoms with Crippen LogP contribution in [0.5, 0.6) is 0 Å². The van der Waals surface area contributed by atoms with Gasteiger partial charge in [0.1, 0.15) is 12.7 Å². The molecular weight excluding hydrogens is 218 g/mol. The van der Waals surface area contributed by atoms with Crippen LogP contribution < -0.4 is 5.32 Å². The molecule has 0 aromatic carbocycles. The third-order valence-corrected chi connectivity index (χ3v) is 2.12. The molecule has 0 bridgehead atoms. The summed E-state index contributed by atoms with van der Waals surface area (Å²) in [4.78, 5) is 19.0. The molecule has 0 atom stereocenters. The molecule has 0 radical (unpaired) electrons. The Morgan fingerprint density at radius 3 is 3.18 bits per heavy atom. The Kier molecular flexibility index (Phi) is 3.25. The number of hydrogen-bond donors (Lipinski definition) is 1. The van der Waals surface area contributed by atoms with E-state index in [2.05, 4.69) is 27.0 Å². The predicted molar refractivity (Wildman–Crippen MR) is 61.2 cm³/mol. The third-order valence-electron chi connectivity index (χ3n) is 2.12. The highest BCUT2D eigenvalue weighted by molar-refractivity contribution is 5.86. The van der Waals surface area contributed by atoms with Crippen LogP contribution in [0.2, 0.25) is 0 Å². The summed E-state index contributed by atoms with van der Waals surface area (Å²) in [5.74, 6) is 0.456. The smallest absolute Gasteiger partial charge is 0.243 e. The van der Waals surface area contributed by atoms with Crippen molar-refractivity contribution in [2.24, 2.45) is 0 Å². The van der Waals surface area contributed by atoms with Gasteiger partial charge in [-0.15, -0.1) is 0 Å². The van der Waals surface area contributed by atoms with E-state index in [1.807, 2.05) is 12.1 Å². The molecule has 6 heteroatoms. The fourth-order valence-corrected chi connectivity index (χ4v) is 1.28. The molecule has 2 aromatic rings. The number of nitrogens with zero attached hydrogens (tertiary/aromatic N) is 4. The number of hydrogen-bond acceptors (Lipinski definition) is 4. The van der Waals surface area contributed by atoms with E-state index in [-0.39, 0.29) is 5.91 Å². The fourth-order valence-electron chi connectivity index (χ4n) is 1.28. The van der Waals surface area contributed by atoms with Crippen molar-refractivity contribution in [3.8, 4) is 5.82 Å². The molecule has 0 aliphatic carbocycles. The van der Waals surface area contributed by atoms with Gasteiger partial charge < -0.3 is 5.32 Å². The lowest BCUT2D eigenvalue weighted by Crippen LogP contribution is -2.20. The maximum absolute atomic E-state index is 11.0. The zero-order valence-electron chi connectivity index (χ0n) is 9.08. The second-order valence-corrected chi connectivity index (χ2v) is 3.28. The van der Waals surface area contributed by atoms with Crippen molar-refractivity contribution in [1.82, 2.24) is 25.1 Å². The fraction of sp³-hybridized carbons (Fsp3) is 0.0909. The van der Waals surface area contributed by atoms with Gasteiger partial charge in [-0.1, -0.05) is 6.58 Å². The molecule has 1 N–H and O–H groups in total. The summed E-state index contributed by atoms with van der Waals surface area (Å²) in [5.41, 5.74) is 0.931. The molecule has 2 aromatic heterocycles. The normalized spacial score (nSPS) is 9.88. The van der Waals surface area contributed by atoms with Gasteiger partial charge in [-0.3, -0.25) is 4.79 Å². The van der Waals surface area contributed by atoms with Gasteiger partial charge in [0.2, 0.25) is 5.91 Å². The van der Waals surface area contributed by atoms with E-state index in [1.54, 1.807) is 17.2 Å². The second kappa shape index (κ2) is 5.02. The molecule has 0 saturated carbocycles. The van der Waals surface area contributed by atoms with Crippen molar-refractivity contribution in [2.75, 3.05) is 0 Å². The van der Waals surface area contributed by atoms with Crippen LogP contribution in [-0.4, -0.2) is 25.7 Å². The van der Waals surface area contributed by atoms with Gasteiger partial charge in [0, 0.05) is 12.7 Å². The predicted octanol–water partition coefficient (Wildman–Crippen LogP) is 0.465. The minimum absolute atomic E-state index is 0.205. The van der Waals surface area contributed by atoms with Gasteiger partial charge in [-0.05, 0) is 23.8 Å². The highest BCUT2D eigenvalue weighted by Crippen LogP contribution is 2.05. The molecule has 86 valence electrons. The molecule has 0 unspecified atom stereocenters. The minimum atomic E-state index is -0.205. The third kappa shape index (κ3) is 2.75. The molecule has 0 fully saturated rings. The first-order chi connectivity index (χ1) is 8.29. The lowest BCUT2D eigenvalue weighted by Gasteiger charge is -2.04. The molecule has 6 nitrogen and oxygen atoms in total. The van der Waals surface area contributed by atoms with Crippen molar-refractivity contribution in [3.63, 3.8) is 0 Å². The van der Waals surface area contributed by atoms with Crippen LogP contribution in [0.4, 0.5) is 0 Å². The maximum atomic E-state index is 11.0. The van der Waals surface area contributed by atoms with Gasteiger partial charge in [-0.2, -0.15) is 5.10 Å². The maximum Gasteiger partial charge on any atom is 0.243 e. The van der Waals surface area contributed by atoms with E-state index in [0.717, 1.165) is 5.56 Å². The zero-order valence-corrected chi connectivity index (χ0v) is 9.08. The zero-order chi connectivity index (χ0) is 12.1. The lowest BCUT2D eigenvalue weighted by molar-refractivity contribution is -0.116. The van der Waals surface area contributed by atoms with Crippen LogP contribution in [0, 0.1) is 0 Å². The van der Waals surface area contributed by atoms with Crippen LogP contribution in [-0.2, 0) is 11.3 Å². The van der Waals surface area contributed by atoms with Crippen LogP contribution in [0.3, 0.4) is 0 Å². The number of carbonyl (C=O) groups is 1. The highest BCUT2D eigenvalue weighted by atomic mass is 16.1. The van der Waals surface area contributed by atoms with Gasteiger partial charge >= 0.3 is 0 Å². The van der Waals surface area contributed by atoms with Gasteiger partial charge in [-0.25, -0.2) is 14.6 Å². The first kappa shape index (κ1) is 11.0. The van der Waals surface area contributed by atoms with Crippen LogP contribution >= 0.6 is 0 Å². The summed E-state index contributed by atoms with van der Waals surface area (Å²) in [6, 6.07) is 3.65. The minimum Gasteiger partial charge on any atom is -0.348 e. The van der Waals surface area contributed by atoms with E-state index in [9.17, 15) is 4.79 Å². The van der Waals surface area contributed by atoms with Crippen LogP contribution in [0.15, 0.2) is 43.6 Å². The topological polar surface area (TPSA) is 72.7 Å². The van der Waals surface area contributed by atoms with Gasteiger partial charge in [0.15, 0.2) is 5.82 Å². The number of nitrogens with one attached hydrogen (secondary N) is 1. The molecule has 1 amide bonds. The van der Waals surface area contributed by atoms with Gasteiger partial charge in [0.25, 0.3) is 0 Å². The summed E-state index contributed by atoms with van der Waals surface area (Å²) >= 11 is 0. The molecule has 17 heavy (non-hydrogen) atoms. The van der Waals surface area contributed by atoms with Crippen LogP contribution in [0.25, 0.3) is 5.82 Å². The first-order valence-corrected chi connectivity index (χ1v) is 5.00. The average molecular weight is 229 g/mol. The number of amides is 1. The van der Waals surface area contributed by atoms with Crippen molar-refractivity contribution in [3.05, 3.63) is 49.2 Å². The number of aromatic nitrogens is 4. The monoisotopic (exact) mass is 229 g/mol. The molecule has 0 aliphatic rings. The Hall–Kier alpha value is -2.50. The Morgan fingerprint density at radius 2 is 2.47 bits per heavy atom. The Morgan fingerprint density at radius 1 is 1.59 bits per heavy atom. The lowest BCUT2D eigenvalue weighted by atomic mass is 10.2. The molecule has 0 aliphatic heterocycles. The van der Waals surface area contributed by atoms with E-state index in [1.165, 1.54) is 12.4 Å². The van der Waals surface area contributed by atoms with Crippen molar-refractivity contribution < 1.29 is 4.79 Å². The highest BCUT2D eigenvalue weighted by Gasteiger charge is 2.01. The van der Waals surface area contributed by atoms with E-state index in [0.29, 0.717) is 12.4 Å². The Bertz CT molecular complexity index is 520. The Labute approximate surface area is 98.0 Å². The SMILES string of the molecule is C=CC(=O)NCc1ccnc(-n2cncn2)c1. The Balaban J connectivity index is 2.12. The summed E-state index contributed by atoms with van der Waals surface area (Å²) < 4.78 is 1.55. The largest absolute Gasteiger partial charge is 0.348 e. The molecule has 0 saturated heterocycles. The van der Waals surface area contributed by atoms with E-state index in [4.69, 9.17) is 0 Å². The summed E-state index contributed by atoms with van der Waals surface area (Å²) in [6.07, 6.45) is 5.90. The average Bonchev–Trinajstić information content (AvgIpc) is 2.90. The summed E-state index contributed by atoms with van der Waals surface area (Å²) in [5, 5.41) is 6.67. The van der Waals surface area contributed by atoms with E-state index < -0.39 is 0 Å². The number of rotatable bonds is 4.